The Bertz CT molecular complexity index is 301. The van der Waals surface area contributed by atoms with Gasteiger partial charge in [0.1, 0.15) is 0 Å². The van der Waals surface area contributed by atoms with E-state index in [0.29, 0.717) is 5.78 Å². The van der Waals surface area contributed by atoms with Gasteiger partial charge in [0.2, 0.25) is 0 Å². The first-order chi connectivity index (χ1) is 6.88. The van der Waals surface area contributed by atoms with Gasteiger partial charge in [-0.15, -0.1) is 0 Å². The molecular formula is C12H15NO. The molecule has 1 aromatic heterocycles. The minimum Gasteiger partial charge on any atom is -0.294 e. The van der Waals surface area contributed by atoms with Crippen molar-refractivity contribution >= 4 is 5.78 Å². The van der Waals surface area contributed by atoms with Crippen LogP contribution in [0.4, 0.5) is 0 Å². The molecule has 0 amide bonds. The quantitative estimate of drug-likeness (QED) is 0.669. The third kappa shape index (κ3) is 2.00. The molecule has 14 heavy (non-hydrogen) atoms. The monoisotopic (exact) mass is 189 g/mol. The van der Waals surface area contributed by atoms with Crippen molar-refractivity contribution in [1.29, 1.82) is 0 Å². The lowest BCUT2D eigenvalue weighted by molar-refractivity contribution is 0.0889. The van der Waals surface area contributed by atoms with Crippen LogP contribution in [0.2, 0.25) is 0 Å². The summed E-state index contributed by atoms with van der Waals surface area (Å²) in [4.78, 5) is 15.9. The molecule has 1 aliphatic carbocycles. The summed E-state index contributed by atoms with van der Waals surface area (Å²) in [6, 6.07) is 3.63. The number of aromatic nitrogens is 1. The molecule has 0 radical (unpaired) electrons. The summed E-state index contributed by atoms with van der Waals surface area (Å²) >= 11 is 0. The number of ketones is 1. The van der Waals surface area contributed by atoms with Crippen LogP contribution >= 0.6 is 0 Å². The van der Waals surface area contributed by atoms with Crippen LogP contribution in [0.25, 0.3) is 0 Å². The first-order valence-electron chi connectivity index (χ1n) is 5.32. The lowest BCUT2D eigenvalue weighted by Gasteiger charge is -2.19. The van der Waals surface area contributed by atoms with Crippen molar-refractivity contribution in [3.05, 3.63) is 30.1 Å². The number of Topliss-reactive ketones (excluding diaryl/α,β-unsaturated/α-hetero) is 1. The van der Waals surface area contributed by atoms with Crippen LogP contribution in [0.1, 0.15) is 42.5 Å². The topological polar surface area (TPSA) is 30.0 Å². The number of hydrogen-bond donors (Lipinski definition) is 0. The molecule has 1 aromatic rings. The summed E-state index contributed by atoms with van der Waals surface area (Å²) in [6.45, 7) is 0. The fourth-order valence-corrected chi connectivity index (χ4v) is 2.12. The molecule has 0 N–H and O–H groups in total. The first kappa shape index (κ1) is 9.38. The van der Waals surface area contributed by atoms with Crippen LogP contribution in [-0.4, -0.2) is 10.8 Å². The van der Waals surface area contributed by atoms with E-state index in [-0.39, 0.29) is 5.92 Å². The normalized spacial score (nSPS) is 18.0. The van der Waals surface area contributed by atoms with E-state index in [1.54, 1.807) is 12.4 Å². The van der Waals surface area contributed by atoms with E-state index in [2.05, 4.69) is 4.98 Å². The van der Waals surface area contributed by atoms with Gasteiger partial charge in [-0.3, -0.25) is 9.78 Å². The molecule has 1 aliphatic rings. The Morgan fingerprint density at radius 3 is 2.43 bits per heavy atom. The molecule has 2 heteroatoms. The Balaban J connectivity index is 2.07. The molecule has 0 aliphatic heterocycles. The Morgan fingerprint density at radius 2 is 1.79 bits per heavy atom. The summed E-state index contributed by atoms with van der Waals surface area (Å²) in [5, 5.41) is 0. The van der Waals surface area contributed by atoms with Crippen LogP contribution in [0.15, 0.2) is 24.5 Å². The maximum Gasteiger partial charge on any atom is 0.166 e. The minimum absolute atomic E-state index is 0.270. The van der Waals surface area contributed by atoms with Crippen LogP contribution in [0.3, 0.4) is 0 Å². The van der Waals surface area contributed by atoms with Gasteiger partial charge in [0.05, 0.1) is 0 Å². The van der Waals surface area contributed by atoms with Gasteiger partial charge in [-0.1, -0.05) is 19.3 Å². The molecule has 1 fully saturated rings. The fourth-order valence-electron chi connectivity index (χ4n) is 2.12. The molecule has 1 heterocycles. The Kier molecular flexibility index (Phi) is 2.92. The zero-order valence-corrected chi connectivity index (χ0v) is 8.28. The van der Waals surface area contributed by atoms with E-state index >= 15 is 0 Å². The summed E-state index contributed by atoms with van der Waals surface area (Å²) in [5.41, 5.74) is 0.826. The van der Waals surface area contributed by atoms with Crippen LogP contribution < -0.4 is 0 Å². The minimum atomic E-state index is 0.270. The van der Waals surface area contributed by atoms with E-state index in [4.69, 9.17) is 0 Å². The maximum atomic E-state index is 12.0. The van der Waals surface area contributed by atoms with Gasteiger partial charge in [0.15, 0.2) is 5.78 Å². The third-order valence-electron chi connectivity index (χ3n) is 2.94. The largest absolute Gasteiger partial charge is 0.294 e. The zero-order valence-electron chi connectivity index (χ0n) is 8.28. The number of pyridine rings is 1. The van der Waals surface area contributed by atoms with Crippen molar-refractivity contribution in [2.75, 3.05) is 0 Å². The maximum absolute atomic E-state index is 12.0. The Hall–Kier alpha value is -1.18. The molecule has 0 spiro atoms. The fraction of sp³-hybridized carbons (Fsp3) is 0.500. The molecule has 0 atom stereocenters. The molecule has 0 unspecified atom stereocenters. The van der Waals surface area contributed by atoms with Gasteiger partial charge in [0, 0.05) is 23.9 Å². The van der Waals surface area contributed by atoms with Gasteiger partial charge >= 0.3 is 0 Å². The lowest BCUT2D eigenvalue weighted by atomic mass is 9.84. The van der Waals surface area contributed by atoms with Crippen molar-refractivity contribution in [2.45, 2.75) is 32.1 Å². The van der Waals surface area contributed by atoms with Crippen molar-refractivity contribution < 1.29 is 4.79 Å². The van der Waals surface area contributed by atoms with Crippen molar-refractivity contribution in [2.24, 2.45) is 5.92 Å². The molecular weight excluding hydrogens is 174 g/mol. The Morgan fingerprint density at radius 1 is 1.14 bits per heavy atom. The molecule has 0 aromatic carbocycles. The Labute approximate surface area is 84.4 Å². The zero-order chi connectivity index (χ0) is 9.80. The van der Waals surface area contributed by atoms with Crippen LogP contribution in [0.5, 0.6) is 0 Å². The van der Waals surface area contributed by atoms with Crippen molar-refractivity contribution in [3.63, 3.8) is 0 Å². The van der Waals surface area contributed by atoms with E-state index in [1.165, 1.54) is 19.3 Å². The molecule has 1 saturated carbocycles. The highest BCUT2D eigenvalue weighted by Crippen LogP contribution is 2.26. The number of carbonyl (C=O) groups excluding carboxylic acids is 1. The average molecular weight is 189 g/mol. The lowest BCUT2D eigenvalue weighted by Crippen LogP contribution is -2.17. The first-order valence-corrected chi connectivity index (χ1v) is 5.32. The van der Waals surface area contributed by atoms with Gasteiger partial charge < -0.3 is 0 Å². The third-order valence-corrected chi connectivity index (χ3v) is 2.94. The van der Waals surface area contributed by atoms with Crippen molar-refractivity contribution in [1.82, 2.24) is 4.98 Å². The van der Waals surface area contributed by atoms with Gasteiger partial charge in [-0.2, -0.15) is 0 Å². The van der Waals surface area contributed by atoms with Crippen LogP contribution in [0, 0.1) is 5.92 Å². The van der Waals surface area contributed by atoms with E-state index in [1.807, 2.05) is 12.1 Å². The summed E-state index contributed by atoms with van der Waals surface area (Å²) in [6.07, 6.45) is 9.23. The SMILES string of the molecule is O=C(c1ccncc1)C1CCCCC1. The highest BCUT2D eigenvalue weighted by molar-refractivity contribution is 5.97. The smallest absolute Gasteiger partial charge is 0.166 e. The highest BCUT2D eigenvalue weighted by atomic mass is 16.1. The van der Waals surface area contributed by atoms with Gasteiger partial charge in [0.25, 0.3) is 0 Å². The summed E-state index contributed by atoms with van der Waals surface area (Å²) in [5.74, 6) is 0.582. The molecule has 0 saturated heterocycles. The second-order valence-electron chi connectivity index (χ2n) is 3.94. The number of rotatable bonds is 2. The molecule has 2 nitrogen and oxygen atoms in total. The number of hydrogen-bond acceptors (Lipinski definition) is 2. The number of nitrogens with zero attached hydrogens (tertiary/aromatic N) is 1. The number of carbonyl (C=O) groups is 1. The predicted molar refractivity (Wildman–Crippen MR) is 55.1 cm³/mol. The summed E-state index contributed by atoms with van der Waals surface area (Å²) in [7, 11) is 0. The predicted octanol–water partition coefficient (Wildman–Crippen LogP) is 2.84. The molecule has 74 valence electrons. The second-order valence-corrected chi connectivity index (χ2v) is 3.94. The summed E-state index contributed by atoms with van der Waals surface area (Å²) < 4.78 is 0. The van der Waals surface area contributed by atoms with Crippen molar-refractivity contribution in [3.8, 4) is 0 Å². The van der Waals surface area contributed by atoms with Gasteiger partial charge in [-0.05, 0) is 25.0 Å². The average Bonchev–Trinajstić information content (AvgIpc) is 2.30. The van der Waals surface area contributed by atoms with E-state index in [9.17, 15) is 4.79 Å². The molecule has 0 bridgehead atoms. The van der Waals surface area contributed by atoms with Gasteiger partial charge in [-0.25, -0.2) is 0 Å². The van der Waals surface area contributed by atoms with E-state index < -0.39 is 0 Å². The standard InChI is InChI=1S/C12H15NO/c14-12(10-4-2-1-3-5-10)11-6-8-13-9-7-11/h6-10H,1-5H2. The van der Waals surface area contributed by atoms with Crippen LogP contribution in [-0.2, 0) is 0 Å². The second kappa shape index (κ2) is 4.36. The van der Waals surface area contributed by atoms with E-state index in [0.717, 1.165) is 18.4 Å². The molecule has 2 rings (SSSR count). The highest BCUT2D eigenvalue weighted by Gasteiger charge is 2.21.